The van der Waals surface area contributed by atoms with Crippen LogP contribution in [0.5, 0.6) is 0 Å². The van der Waals surface area contributed by atoms with E-state index >= 15 is 0 Å². The molecule has 24 heavy (non-hydrogen) atoms. The Labute approximate surface area is 165 Å². The number of guanidine groups is 1. The molecule has 1 fully saturated rings. The fourth-order valence-electron chi connectivity index (χ4n) is 2.49. The van der Waals surface area contributed by atoms with Crippen molar-refractivity contribution >= 4 is 47.4 Å². The van der Waals surface area contributed by atoms with Crippen molar-refractivity contribution in [2.45, 2.75) is 39.3 Å². The first-order valence-corrected chi connectivity index (χ1v) is 9.14. The number of amides is 1. The Bertz CT molecular complexity index is 502. The summed E-state index contributed by atoms with van der Waals surface area (Å²) in [5.41, 5.74) is 1.23. The molecule has 1 aliphatic heterocycles. The molecule has 1 saturated heterocycles. The molecule has 2 heterocycles. The number of rotatable bonds is 5. The molecule has 6 nitrogen and oxygen atoms in total. The monoisotopic (exact) mass is 466 g/mol. The second kappa shape index (κ2) is 11.5. The number of hydrogen-bond acceptors (Lipinski definition) is 4. The van der Waals surface area contributed by atoms with Gasteiger partial charge in [-0.3, -0.25) is 0 Å². The lowest BCUT2D eigenvalue weighted by molar-refractivity contribution is 0.0963. The van der Waals surface area contributed by atoms with E-state index in [1.807, 2.05) is 6.92 Å². The molecule has 2 N–H and O–H groups in total. The maximum atomic E-state index is 11.7. The molecule has 0 aliphatic carbocycles. The highest BCUT2D eigenvalue weighted by Crippen LogP contribution is 2.12. The van der Waals surface area contributed by atoms with Gasteiger partial charge in [-0.05, 0) is 49.1 Å². The van der Waals surface area contributed by atoms with Crippen molar-refractivity contribution in [2.24, 2.45) is 4.99 Å². The third kappa shape index (κ3) is 6.84. The number of thiophene rings is 1. The van der Waals surface area contributed by atoms with Crippen molar-refractivity contribution in [3.05, 3.63) is 22.4 Å². The highest BCUT2D eigenvalue weighted by atomic mass is 127. The summed E-state index contributed by atoms with van der Waals surface area (Å²) >= 11 is 1.69. The van der Waals surface area contributed by atoms with Gasteiger partial charge in [0.15, 0.2) is 5.96 Å². The number of piperidine rings is 1. The molecule has 136 valence electrons. The lowest BCUT2D eigenvalue weighted by Crippen LogP contribution is -2.49. The van der Waals surface area contributed by atoms with Crippen LogP contribution in [0.2, 0.25) is 0 Å². The number of nitrogens with zero attached hydrogens (tertiary/aromatic N) is 2. The average Bonchev–Trinajstić information content (AvgIpc) is 3.07. The smallest absolute Gasteiger partial charge is 0.409 e. The number of hydrogen-bond donors (Lipinski definition) is 2. The van der Waals surface area contributed by atoms with Gasteiger partial charge in [0.1, 0.15) is 0 Å². The van der Waals surface area contributed by atoms with E-state index in [1.54, 1.807) is 16.2 Å². The molecular formula is C16H27IN4O2S. The molecule has 0 saturated carbocycles. The van der Waals surface area contributed by atoms with E-state index < -0.39 is 0 Å². The average molecular weight is 466 g/mol. The van der Waals surface area contributed by atoms with Crippen molar-refractivity contribution in [2.75, 3.05) is 26.2 Å². The second-order valence-electron chi connectivity index (χ2n) is 5.43. The molecule has 0 spiro atoms. The fourth-order valence-corrected chi connectivity index (χ4v) is 3.15. The minimum absolute atomic E-state index is 0. The zero-order valence-electron chi connectivity index (χ0n) is 14.3. The van der Waals surface area contributed by atoms with Gasteiger partial charge in [-0.1, -0.05) is 0 Å². The Morgan fingerprint density at radius 1 is 1.42 bits per heavy atom. The maximum Gasteiger partial charge on any atom is 0.409 e. The Morgan fingerprint density at radius 3 is 2.75 bits per heavy atom. The van der Waals surface area contributed by atoms with Gasteiger partial charge in [0.25, 0.3) is 0 Å². The summed E-state index contributed by atoms with van der Waals surface area (Å²) in [7, 11) is 0. The van der Waals surface area contributed by atoms with Gasteiger partial charge in [0.05, 0.1) is 13.2 Å². The van der Waals surface area contributed by atoms with Crippen LogP contribution in [0.1, 0.15) is 32.3 Å². The standard InChI is InChI=1S/C16H26N4O2S.HI/c1-3-17-15(18-11-13-7-10-23-12-13)19-14-5-8-20(9-6-14)16(21)22-4-2;/h7,10,12,14H,3-6,8-9,11H2,1-2H3,(H2,17,18,19);1H. The van der Waals surface area contributed by atoms with Gasteiger partial charge in [-0.25, -0.2) is 9.79 Å². The van der Waals surface area contributed by atoms with Gasteiger partial charge < -0.3 is 20.3 Å². The molecule has 1 amide bonds. The Kier molecular flexibility index (Phi) is 10.1. The van der Waals surface area contributed by atoms with Crippen LogP contribution in [0.3, 0.4) is 0 Å². The van der Waals surface area contributed by atoms with Gasteiger partial charge >= 0.3 is 6.09 Å². The van der Waals surface area contributed by atoms with E-state index in [4.69, 9.17) is 4.74 Å². The van der Waals surface area contributed by atoms with Crippen LogP contribution in [0, 0.1) is 0 Å². The largest absolute Gasteiger partial charge is 0.450 e. The van der Waals surface area contributed by atoms with E-state index in [9.17, 15) is 4.79 Å². The van der Waals surface area contributed by atoms with Gasteiger partial charge in [0.2, 0.25) is 0 Å². The van der Waals surface area contributed by atoms with Crippen molar-refractivity contribution in [1.29, 1.82) is 0 Å². The Morgan fingerprint density at radius 2 is 2.17 bits per heavy atom. The number of carbonyl (C=O) groups is 1. The maximum absolute atomic E-state index is 11.7. The number of nitrogens with one attached hydrogen (secondary N) is 2. The molecule has 0 radical (unpaired) electrons. The number of halogens is 1. The second-order valence-corrected chi connectivity index (χ2v) is 6.21. The molecule has 8 heteroatoms. The summed E-state index contributed by atoms with van der Waals surface area (Å²) in [6.07, 6.45) is 1.60. The van der Waals surface area contributed by atoms with E-state index in [0.29, 0.717) is 19.2 Å². The first-order valence-electron chi connectivity index (χ1n) is 8.20. The van der Waals surface area contributed by atoms with Crippen LogP contribution < -0.4 is 10.6 Å². The number of aliphatic imine (C=N–C) groups is 1. The molecule has 0 atom stereocenters. The van der Waals surface area contributed by atoms with Crippen LogP contribution in [-0.4, -0.2) is 49.2 Å². The number of carbonyl (C=O) groups excluding carboxylic acids is 1. The molecule has 1 aliphatic rings. The quantitative estimate of drug-likeness (QED) is 0.398. The van der Waals surface area contributed by atoms with Gasteiger partial charge in [-0.2, -0.15) is 11.3 Å². The predicted octanol–water partition coefficient (Wildman–Crippen LogP) is 3.04. The highest BCUT2D eigenvalue weighted by molar-refractivity contribution is 14.0. The van der Waals surface area contributed by atoms with E-state index in [1.165, 1.54) is 5.56 Å². The number of ether oxygens (including phenoxy) is 1. The van der Waals surface area contributed by atoms with Crippen LogP contribution in [-0.2, 0) is 11.3 Å². The molecule has 1 aromatic heterocycles. The zero-order valence-corrected chi connectivity index (χ0v) is 17.4. The third-order valence-corrected chi connectivity index (χ3v) is 4.44. The van der Waals surface area contributed by atoms with Crippen molar-refractivity contribution in [1.82, 2.24) is 15.5 Å². The van der Waals surface area contributed by atoms with Crippen molar-refractivity contribution in [3.63, 3.8) is 0 Å². The third-order valence-electron chi connectivity index (χ3n) is 3.71. The number of likely N-dealkylation sites (tertiary alicyclic amines) is 1. The molecule has 0 bridgehead atoms. The fraction of sp³-hybridized carbons (Fsp3) is 0.625. The topological polar surface area (TPSA) is 66.0 Å². The summed E-state index contributed by atoms with van der Waals surface area (Å²) < 4.78 is 5.05. The van der Waals surface area contributed by atoms with E-state index in [2.05, 4.69) is 39.4 Å². The Balaban J connectivity index is 0.00000288. The van der Waals surface area contributed by atoms with Crippen molar-refractivity contribution in [3.8, 4) is 0 Å². The lowest BCUT2D eigenvalue weighted by Gasteiger charge is -2.32. The molecule has 0 unspecified atom stereocenters. The zero-order chi connectivity index (χ0) is 16.5. The van der Waals surface area contributed by atoms with Crippen LogP contribution in [0.25, 0.3) is 0 Å². The first-order chi connectivity index (χ1) is 11.2. The predicted molar refractivity (Wildman–Crippen MR) is 109 cm³/mol. The summed E-state index contributed by atoms with van der Waals surface area (Å²) in [6.45, 7) is 7.28. The molecule has 2 rings (SSSR count). The lowest BCUT2D eigenvalue weighted by atomic mass is 10.1. The SMILES string of the molecule is CCNC(=NCc1ccsc1)NC1CCN(C(=O)OCC)CC1.I. The summed E-state index contributed by atoms with van der Waals surface area (Å²) in [4.78, 5) is 18.1. The van der Waals surface area contributed by atoms with Crippen molar-refractivity contribution < 1.29 is 9.53 Å². The minimum Gasteiger partial charge on any atom is -0.450 e. The van der Waals surface area contributed by atoms with E-state index in [0.717, 1.165) is 38.4 Å². The van der Waals surface area contributed by atoms with E-state index in [-0.39, 0.29) is 30.1 Å². The molecule has 0 aromatic carbocycles. The molecule has 1 aromatic rings. The normalized spacial score (nSPS) is 15.6. The minimum atomic E-state index is -0.205. The first kappa shape index (κ1) is 21.0. The van der Waals surface area contributed by atoms with Gasteiger partial charge in [-0.15, -0.1) is 24.0 Å². The highest BCUT2D eigenvalue weighted by Gasteiger charge is 2.23. The Hall–Kier alpha value is -1.03. The summed E-state index contributed by atoms with van der Waals surface area (Å²) in [5.74, 6) is 0.841. The van der Waals surface area contributed by atoms with Crippen LogP contribution >= 0.6 is 35.3 Å². The van der Waals surface area contributed by atoms with Crippen LogP contribution in [0.4, 0.5) is 4.79 Å². The van der Waals surface area contributed by atoms with Crippen LogP contribution in [0.15, 0.2) is 21.8 Å². The summed E-state index contributed by atoms with van der Waals surface area (Å²) in [5, 5.41) is 10.9. The molecular weight excluding hydrogens is 439 g/mol. The van der Waals surface area contributed by atoms with Gasteiger partial charge in [0, 0.05) is 25.7 Å². The summed E-state index contributed by atoms with van der Waals surface area (Å²) in [6, 6.07) is 2.43.